The molecule has 3 heteroatoms. The summed E-state index contributed by atoms with van der Waals surface area (Å²) in [6.45, 7) is 3.24. The molecule has 1 amide bonds. The lowest BCUT2D eigenvalue weighted by atomic mass is 10.0. The molecule has 3 aromatic rings. The molecule has 3 rings (SSSR count). The topological polar surface area (TPSA) is 38.3 Å². The van der Waals surface area contributed by atoms with Crippen molar-refractivity contribution in [2.24, 2.45) is 0 Å². The summed E-state index contributed by atoms with van der Waals surface area (Å²) in [5.41, 5.74) is 4.56. The molecule has 0 atom stereocenters. The fourth-order valence-corrected chi connectivity index (χ4v) is 2.93. The van der Waals surface area contributed by atoms with Crippen LogP contribution in [0.2, 0.25) is 0 Å². The minimum absolute atomic E-state index is 0.122. The highest BCUT2D eigenvalue weighted by Crippen LogP contribution is 2.23. The molecule has 28 heavy (non-hydrogen) atoms. The number of unbranched alkanes of at least 4 members (excludes halogenated alkanes) is 1. The lowest BCUT2D eigenvalue weighted by molar-refractivity contribution is -0.121. The maximum absolute atomic E-state index is 11.7. The Bertz CT molecular complexity index is 855. The maximum Gasteiger partial charge on any atom is 0.220 e. The molecule has 0 unspecified atom stereocenters. The highest BCUT2D eigenvalue weighted by atomic mass is 16.5. The molecule has 144 valence electrons. The van der Waals surface area contributed by atoms with Gasteiger partial charge in [0, 0.05) is 13.0 Å². The zero-order chi connectivity index (χ0) is 19.6. The van der Waals surface area contributed by atoms with E-state index in [2.05, 4.69) is 60.8 Å². The van der Waals surface area contributed by atoms with Crippen LogP contribution in [-0.4, -0.2) is 5.91 Å². The molecule has 1 N–H and O–H groups in total. The quantitative estimate of drug-likeness (QED) is 0.519. The number of carbonyl (C=O) groups excluding carboxylic acids is 1. The minimum Gasteiger partial charge on any atom is -0.489 e. The zero-order valence-electron chi connectivity index (χ0n) is 16.4. The van der Waals surface area contributed by atoms with Crippen LogP contribution in [-0.2, 0) is 17.9 Å². The summed E-state index contributed by atoms with van der Waals surface area (Å²) in [4.78, 5) is 11.7. The van der Waals surface area contributed by atoms with Crippen molar-refractivity contribution < 1.29 is 9.53 Å². The molecule has 0 aliphatic rings. The number of hydrogen-bond acceptors (Lipinski definition) is 2. The highest BCUT2D eigenvalue weighted by molar-refractivity contribution is 5.75. The number of hydrogen-bond donors (Lipinski definition) is 1. The summed E-state index contributed by atoms with van der Waals surface area (Å²) in [5.74, 6) is 0.982. The first-order chi connectivity index (χ1) is 13.7. The van der Waals surface area contributed by atoms with Crippen LogP contribution in [0.5, 0.6) is 5.75 Å². The Morgan fingerprint density at radius 1 is 0.821 bits per heavy atom. The van der Waals surface area contributed by atoms with Gasteiger partial charge in [0.1, 0.15) is 12.4 Å². The van der Waals surface area contributed by atoms with Gasteiger partial charge in [0.05, 0.1) is 0 Å². The lowest BCUT2D eigenvalue weighted by Crippen LogP contribution is -2.22. The van der Waals surface area contributed by atoms with Crippen LogP contribution in [0.4, 0.5) is 0 Å². The van der Waals surface area contributed by atoms with E-state index in [1.807, 2.05) is 30.3 Å². The number of nitrogens with one attached hydrogen (secondary N) is 1. The van der Waals surface area contributed by atoms with E-state index in [0.717, 1.165) is 40.8 Å². The SMILES string of the molecule is CCCCC(=O)NCc1ccc(-c2ccc(OCc3ccccc3)cc2)cc1. The third-order valence-electron chi connectivity index (χ3n) is 4.64. The van der Waals surface area contributed by atoms with Crippen molar-refractivity contribution in [1.82, 2.24) is 5.32 Å². The molecule has 3 nitrogen and oxygen atoms in total. The number of rotatable bonds is 9. The van der Waals surface area contributed by atoms with Crippen LogP contribution < -0.4 is 10.1 Å². The fraction of sp³-hybridized carbons (Fsp3) is 0.240. The van der Waals surface area contributed by atoms with Crippen molar-refractivity contribution in [3.63, 3.8) is 0 Å². The van der Waals surface area contributed by atoms with E-state index in [1.165, 1.54) is 0 Å². The van der Waals surface area contributed by atoms with Crippen LogP contribution in [0.3, 0.4) is 0 Å². The molecule has 0 bridgehead atoms. The van der Waals surface area contributed by atoms with E-state index in [9.17, 15) is 4.79 Å². The highest BCUT2D eigenvalue weighted by Gasteiger charge is 2.03. The Morgan fingerprint density at radius 3 is 2.11 bits per heavy atom. The van der Waals surface area contributed by atoms with Gasteiger partial charge in [0.15, 0.2) is 0 Å². The third-order valence-corrected chi connectivity index (χ3v) is 4.64. The van der Waals surface area contributed by atoms with Crippen LogP contribution in [0.1, 0.15) is 37.3 Å². The molecule has 3 aromatic carbocycles. The molecule has 0 aromatic heterocycles. The van der Waals surface area contributed by atoms with Gasteiger partial charge in [-0.15, -0.1) is 0 Å². The lowest BCUT2D eigenvalue weighted by Gasteiger charge is -2.09. The van der Waals surface area contributed by atoms with E-state index in [-0.39, 0.29) is 5.91 Å². The van der Waals surface area contributed by atoms with Gasteiger partial charge in [-0.05, 0) is 40.8 Å². The van der Waals surface area contributed by atoms with E-state index in [1.54, 1.807) is 0 Å². The van der Waals surface area contributed by atoms with Gasteiger partial charge in [-0.25, -0.2) is 0 Å². The fourth-order valence-electron chi connectivity index (χ4n) is 2.93. The predicted molar refractivity (Wildman–Crippen MR) is 114 cm³/mol. The van der Waals surface area contributed by atoms with Gasteiger partial charge in [0.25, 0.3) is 0 Å². The number of benzene rings is 3. The largest absolute Gasteiger partial charge is 0.489 e. The van der Waals surface area contributed by atoms with Gasteiger partial charge in [-0.1, -0.05) is 80.1 Å². The van der Waals surface area contributed by atoms with Crippen molar-refractivity contribution in [2.75, 3.05) is 0 Å². The molecule has 0 saturated carbocycles. The number of ether oxygens (including phenoxy) is 1. The summed E-state index contributed by atoms with van der Waals surface area (Å²) in [5, 5.41) is 2.97. The molecular weight excluding hydrogens is 346 g/mol. The Kier molecular flexibility index (Phi) is 7.25. The average Bonchev–Trinajstić information content (AvgIpc) is 2.76. The second-order valence-electron chi connectivity index (χ2n) is 6.88. The van der Waals surface area contributed by atoms with Crippen molar-refractivity contribution in [3.8, 4) is 16.9 Å². The second-order valence-corrected chi connectivity index (χ2v) is 6.88. The van der Waals surface area contributed by atoms with E-state index in [4.69, 9.17) is 4.74 Å². The Labute approximate surface area is 167 Å². The summed E-state index contributed by atoms with van der Waals surface area (Å²) in [7, 11) is 0. The third kappa shape index (κ3) is 5.98. The van der Waals surface area contributed by atoms with Crippen LogP contribution in [0.25, 0.3) is 11.1 Å². The van der Waals surface area contributed by atoms with Gasteiger partial charge in [-0.3, -0.25) is 4.79 Å². The smallest absolute Gasteiger partial charge is 0.220 e. The number of amides is 1. The first kappa shape index (κ1) is 19.7. The summed E-state index contributed by atoms with van der Waals surface area (Å²) in [6, 6.07) is 26.6. The van der Waals surface area contributed by atoms with Crippen molar-refractivity contribution >= 4 is 5.91 Å². The summed E-state index contributed by atoms with van der Waals surface area (Å²) >= 11 is 0. The van der Waals surface area contributed by atoms with Crippen molar-refractivity contribution in [2.45, 2.75) is 39.3 Å². The molecular formula is C25H27NO2. The van der Waals surface area contributed by atoms with E-state index >= 15 is 0 Å². The van der Waals surface area contributed by atoms with Gasteiger partial charge in [-0.2, -0.15) is 0 Å². The molecule has 0 saturated heterocycles. The van der Waals surface area contributed by atoms with Crippen molar-refractivity contribution in [1.29, 1.82) is 0 Å². The van der Waals surface area contributed by atoms with Crippen LogP contribution in [0, 0.1) is 0 Å². The zero-order valence-corrected chi connectivity index (χ0v) is 16.4. The maximum atomic E-state index is 11.7. The minimum atomic E-state index is 0.122. The standard InChI is InChI=1S/C25H27NO2/c1-2-3-9-25(27)26-18-20-10-12-22(13-11-20)23-14-16-24(17-15-23)28-19-21-7-5-4-6-8-21/h4-8,10-17H,2-3,9,18-19H2,1H3,(H,26,27). The van der Waals surface area contributed by atoms with Gasteiger partial charge in [0.2, 0.25) is 5.91 Å². The summed E-state index contributed by atoms with van der Waals surface area (Å²) in [6.07, 6.45) is 2.58. The van der Waals surface area contributed by atoms with Crippen LogP contribution in [0.15, 0.2) is 78.9 Å². The number of carbonyl (C=O) groups is 1. The van der Waals surface area contributed by atoms with Crippen molar-refractivity contribution in [3.05, 3.63) is 90.0 Å². The Balaban J connectivity index is 1.53. The molecule has 0 radical (unpaired) electrons. The van der Waals surface area contributed by atoms with E-state index < -0.39 is 0 Å². The Hall–Kier alpha value is -3.07. The molecule has 0 heterocycles. The summed E-state index contributed by atoms with van der Waals surface area (Å²) < 4.78 is 5.84. The average molecular weight is 373 g/mol. The molecule has 0 spiro atoms. The van der Waals surface area contributed by atoms with Crippen LogP contribution >= 0.6 is 0 Å². The molecule has 0 aliphatic heterocycles. The normalized spacial score (nSPS) is 10.5. The molecule has 0 fully saturated rings. The first-order valence-electron chi connectivity index (χ1n) is 9.87. The van der Waals surface area contributed by atoms with E-state index in [0.29, 0.717) is 19.6 Å². The predicted octanol–water partition coefficient (Wildman–Crippen LogP) is 5.74. The van der Waals surface area contributed by atoms with Gasteiger partial charge < -0.3 is 10.1 Å². The second kappa shape index (κ2) is 10.3. The monoisotopic (exact) mass is 373 g/mol. The van der Waals surface area contributed by atoms with Gasteiger partial charge >= 0.3 is 0 Å². The first-order valence-corrected chi connectivity index (χ1v) is 9.87. The Morgan fingerprint density at radius 2 is 1.46 bits per heavy atom. The molecule has 0 aliphatic carbocycles.